The molecule has 0 atom stereocenters. The second kappa shape index (κ2) is 5.03. The Morgan fingerprint density at radius 1 is 1.46 bits per heavy atom. The van der Waals surface area contributed by atoms with Gasteiger partial charge in [-0.15, -0.1) is 0 Å². The Morgan fingerprint density at radius 2 is 2.23 bits per heavy atom. The Labute approximate surface area is 83.0 Å². The van der Waals surface area contributed by atoms with Crippen molar-refractivity contribution < 1.29 is 4.39 Å². The zero-order chi connectivity index (χ0) is 9.68. The zero-order valence-corrected chi connectivity index (χ0v) is 8.15. The van der Waals surface area contributed by atoms with Gasteiger partial charge in [0.15, 0.2) is 0 Å². The number of halogens is 2. The lowest BCUT2D eigenvalue weighted by Crippen LogP contribution is -1.86. The Kier molecular flexibility index (Phi) is 3.97. The van der Waals surface area contributed by atoms with E-state index in [4.69, 9.17) is 11.6 Å². The van der Waals surface area contributed by atoms with Crippen LogP contribution in [-0.2, 0) is 6.42 Å². The average Bonchev–Trinajstić information content (AvgIpc) is 2.03. The van der Waals surface area contributed by atoms with Crippen molar-refractivity contribution in [3.8, 4) is 0 Å². The maximum atomic E-state index is 12.7. The second-order valence-corrected chi connectivity index (χ2v) is 3.54. The van der Waals surface area contributed by atoms with E-state index in [1.165, 1.54) is 6.07 Å². The zero-order valence-electron chi connectivity index (χ0n) is 7.39. The standard InChI is InChI=1S/C11H12ClF/c1-9(12)4-2-5-10-6-3-7-11(13)8-10/h3,6-8H,1-2,4-5H2. The molecule has 1 aromatic rings. The molecule has 70 valence electrons. The van der Waals surface area contributed by atoms with Gasteiger partial charge in [-0.25, -0.2) is 4.39 Å². The molecular weight excluding hydrogens is 187 g/mol. The number of hydrogen-bond donors (Lipinski definition) is 0. The molecule has 0 unspecified atom stereocenters. The van der Waals surface area contributed by atoms with Gasteiger partial charge < -0.3 is 0 Å². The van der Waals surface area contributed by atoms with Gasteiger partial charge in [0, 0.05) is 5.03 Å². The Morgan fingerprint density at radius 3 is 2.85 bits per heavy atom. The molecule has 0 aromatic heterocycles. The molecule has 0 fully saturated rings. The highest BCUT2D eigenvalue weighted by molar-refractivity contribution is 6.29. The van der Waals surface area contributed by atoms with Crippen molar-refractivity contribution in [2.45, 2.75) is 19.3 Å². The summed E-state index contributed by atoms with van der Waals surface area (Å²) < 4.78 is 12.7. The fourth-order valence-electron chi connectivity index (χ4n) is 1.18. The number of allylic oxidation sites excluding steroid dienone is 1. The molecule has 0 radical (unpaired) electrons. The highest BCUT2D eigenvalue weighted by Gasteiger charge is 1.95. The van der Waals surface area contributed by atoms with E-state index in [1.54, 1.807) is 12.1 Å². The molecule has 2 heteroatoms. The van der Waals surface area contributed by atoms with Crippen molar-refractivity contribution in [1.82, 2.24) is 0 Å². The van der Waals surface area contributed by atoms with Gasteiger partial charge in [-0.3, -0.25) is 0 Å². The van der Waals surface area contributed by atoms with Crippen molar-refractivity contribution in [1.29, 1.82) is 0 Å². The van der Waals surface area contributed by atoms with Crippen LogP contribution >= 0.6 is 11.6 Å². The minimum atomic E-state index is -0.179. The summed E-state index contributed by atoms with van der Waals surface area (Å²) in [6, 6.07) is 6.64. The number of benzene rings is 1. The van der Waals surface area contributed by atoms with E-state index >= 15 is 0 Å². The fraction of sp³-hybridized carbons (Fsp3) is 0.273. The van der Waals surface area contributed by atoms with Crippen LogP contribution in [-0.4, -0.2) is 0 Å². The van der Waals surface area contributed by atoms with Crippen LogP contribution in [0.3, 0.4) is 0 Å². The first-order valence-corrected chi connectivity index (χ1v) is 4.64. The van der Waals surface area contributed by atoms with Crippen LogP contribution in [0.4, 0.5) is 4.39 Å². The first-order valence-electron chi connectivity index (χ1n) is 4.26. The van der Waals surface area contributed by atoms with Crippen LogP contribution in [0.2, 0.25) is 0 Å². The second-order valence-electron chi connectivity index (χ2n) is 3.00. The monoisotopic (exact) mass is 198 g/mol. The van der Waals surface area contributed by atoms with Crippen molar-refractivity contribution in [3.63, 3.8) is 0 Å². The van der Waals surface area contributed by atoms with Crippen molar-refractivity contribution in [3.05, 3.63) is 47.3 Å². The van der Waals surface area contributed by atoms with Crippen LogP contribution in [0.25, 0.3) is 0 Å². The van der Waals surface area contributed by atoms with Gasteiger partial charge in [0.25, 0.3) is 0 Å². The number of aryl methyl sites for hydroxylation is 1. The quantitative estimate of drug-likeness (QED) is 0.689. The summed E-state index contributed by atoms with van der Waals surface area (Å²) in [4.78, 5) is 0. The first-order chi connectivity index (χ1) is 6.18. The molecule has 0 spiro atoms. The molecule has 0 bridgehead atoms. The smallest absolute Gasteiger partial charge is 0.123 e. The van der Waals surface area contributed by atoms with Crippen molar-refractivity contribution >= 4 is 11.6 Å². The third-order valence-electron chi connectivity index (χ3n) is 1.80. The first kappa shape index (κ1) is 10.3. The molecule has 1 aromatic carbocycles. The summed E-state index contributed by atoms with van der Waals surface area (Å²) in [5, 5.41) is 0.663. The van der Waals surface area contributed by atoms with E-state index in [0.717, 1.165) is 24.8 Å². The summed E-state index contributed by atoms with van der Waals surface area (Å²) >= 11 is 5.61. The van der Waals surface area contributed by atoms with Gasteiger partial charge in [0.1, 0.15) is 5.82 Å². The third-order valence-corrected chi connectivity index (χ3v) is 1.99. The summed E-state index contributed by atoms with van der Waals surface area (Å²) in [6.45, 7) is 3.60. The van der Waals surface area contributed by atoms with Crippen LogP contribution in [0.15, 0.2) is 35.9 Å². The lowest BCUT2D eigenvalue weighted by atomic mass is 10.1. The maximum absolute atomic E-state index is 12.7. The molecule has 0 N–H and O–H groups in total. The lowest BCUT2D eigenvalue weighted by Gasteiger charge is -2.00. The van der Waals surface area contributed by atoms with E-state index in [9.17, 15) is 4.39 Å². The summed E-state index contributed by atoms with van der Waals surface area (Å²) in [5.41, 5.74) is 1.01. The Bertz CT molecular complexity index is 294. The van der Waals surface area contributed by atoms with E-state index < -0.39 is 0 Å². The van der Waals surface area contributed by atoms with E-state index in [0.29, 0.717) is 5.03 Å². The Hall–Kier alpha value is -0.820. The summed E-state index contributed by atoms with van der Waals surface area (Å²) in [5.74, 6) is -0.179. The maximum Gasteiger partial charge on any atom is 0.123 e. The molecule has 0 aliphatic carbocycles. The van der Waals surface area contributed by atoms with Crippen LogP contribution in [0, 0.1) is 5.82 Å². The molecule has 0 aliphatic rings. The summed E-state index contributed by atoms with van der Waals surface area (Å²) in [7, 11) is 0. The normalized spacial score (nSPS) is 10.0. The van der Waals surface area contributed by atoms with E-state index in [1.807, 2.05) is 6.07 Å². The SMILES string of the molecule is C=C(Cl)CCCc1cccc(F)c1. The molecule has 0 saturated heterocycles. The summed E-state index contributed by atoms with van der Waals surface area (Å²) in [6.07, 6.45) is 2.56. The van der Waals surface area contributed by atoms with Gasteiger partial charge in [-0.2, -0.15) is 0 Å². The highest BCUT2D eigenvalue weighted by Crippen LogP contribution is 2.12. The molecule has 0 nitrogen and oxygen atoms in total. The molecular formula is C11H12ClF. The fourth-order valence-corrected chi connectivity index (χ4v) is 1.31. The van der Waals surface area contributed by atoms with Crippen molar-refractivity contribution in [2.24, 2.45) is 0 Å². The minimum Gasteiger partial charge on any atom is -0.207 e. The number of hydrogen-bond acceptors (Lipinski definition) is 0. The third kappa shape index (κ3) is 4.09. The van der Waals surface area contributed by atoms with Crippen LogP contribution in [0.1, 0.15) is 18.4 Å². The predicted octanol–water partition coefficient (Wildman–Crippen LogP) is 3.90. The van der Waals surface area contributed by atoms with Crippen LogP contribution < -0.4 is 0 Å². The van der Waals surface area contributed by atoms with E-state index in [-0.39, 0.29) is 5.82 Å². The van der Waals surface area contributed by atoms with Gasteiger partial charge in [0.05, 0.1) is 0 Å². The minimum absolute atomic E-state index is 0.179. The Balaban J connectivity index is 2.41. The van der Waals surface area contributed by atoms with Gasteiger partial charge in [0.2, 0.25) is 0 Å². The lowest BCUT2D eigenvalue weighted by molar-refractivity contribution is 0.624. The molecule has 0 saturated carbocycles. The predicted molar refractivity (Wildman–Crippen MR) is 54.3 cm³/mol. The topological polar surface area (TPSA) is 0 Å². The van der Waals surface area contributed by atoms with E-state index in [2.05, 4.69) is 6.58 Å². The number of rotatable bonds is 4. The van der Waals surface area contributed by atoms with Gasteiger partial charge in [-0.1, -0.05) is 30.3 Å². The molecule has 0 amide bonds. The van der Waals surface area contributed by atoms with Crippen molar-refractivity contribution in [2.75, 3.05) is 0 Å². The molecule has 13 heavy (non-hydrogen) atoms. The highest BCUT2D eigenvalue weighted by atomic mass is 35.5. The molecule has 0 heterocycles. The molecule has 1 rings (SSSR count). The molecule has 0 aliphatic heterocycles. The van der Waals surface area contributed by atoms with Crippen LogP contribution in [0.5, 0.6) is 0 Å². The largest absolute Gasteiger partial charge is 0.207 e. The van der Waals surface area contributed by atoms with Gasteiger partial charge >= 0.3 is 0 Å². The van der Waals surface area contributed by atoms with Gasteiger partial charge in [-0.05, 0) is 37.0 Å². The average molecular weight is 199 g/mol.